The summed E-state index contributed by atoms with van der Waals surface area (Å²) >= 11 is 0. The Kier molecular flexibility index (Phi) is 21.8. The predicted molar refractivity (Wildman–Crippen MR) is 70.8 cm³/mol. The van der Waals surface area contributed by atoms with Crippen molar-refractivity contribution in [2.75, 3.05) is 0 Å². The van der Waals surface area contributed by atoms with Crippen molar-refractivity contribution in [3.05, 3.63) is 36.5 Å². The molecular weight excluding hydrogens is 264 g/mol. The first-order valence-electron chi connectivity index (χ1n) is 5.54. The maximum Gasteiger partial charge on any atom is 0.0666 e. The van der Waals surface area contributed by atoms with Crippen molar-refractivity contribution in [2.45, 2.75) is 34.6 Å². The highest BCUT2D eigenvalue weighted by Crippen LogP contribution is 1.78. The minimum atomic E-state index is -1.19. The van der Waals surface area contributed by atoms with E-state index in [0.717, 1.165) is 0 Å². The molecule has 0 atom stereocenters. The standard InChI is InChI=1S/3C4H6O2.C2H6/c3*1-3(2)4(5)6;1-2/h3*1H2,2H3,(H,5,6);1-2H3/p-3. The molecule has 0 aromatic rings. The molecule has 0 fully saturated rings. The molecule has 0 rings (SSSR count). The summed E-state index contributed by atoms with van der Waals surface area (Å²) in [6.07, 6.45) is 0. The Bertz CT molecular complexity index is 273. The van der Waals surface area contributed by atoms with E-state index >= 15 is 0 Å². The van der Waals surface area contributed by atoms with Gasteiger partial charge < -0.3 is 29.7 Å². The number of carboxylic acid groups (broad SMARTS) is 3. The normalized spacial score (nSPS) is 7.05. The molecule has 0 aliphatic heterocycles. The van der Waals surface area contributed by atoms with Crippen LogP contribution in [0, 0.1) is 0 Å². The number of hydrogen-bond donors (Lipinski definition) is 0. The minimum Gasteiger partial charge on any atom is -0.545 e. The van der Waals surface area contributed by atoms with E-state index in [2.05, 4.69) is 19.7 Å². The van der Waals surface area contributed by atoms with E-state index in [1.807, 2.05) is 13.8 Å². The molecule has 0 unspecified atom stereocenters. The zero-order chi connectivity index (χ0) is 17.5. The van der Waals surface area contributed by atoms with Crippen LogP contribution in [-0.2, 0) is 14.4 Å². The van der Waals surface area contributed by atoms with Crippen LogP contribution in [0.2, 0.25) is 0 Å². The first kappa shape index (κ1) is 26.2. The molecule has 0 aromatic carbocycles. The Labute approximate surface area is 119 Å². The lowest BCUT2D eigenvalue weighted by Gasteiger charge is -1.93. The third-order valence-corrected chi connectivity index (χ3v) is 1.05. The highest BCUT2D eigenvalue weighted by Gasteiger charge is 1.77. The highest BCUT2D eigenvalue weighted by atomic mass is 16.4. The van der Waals surface area contributed by atoms with E-state index in [4.69, 9.17) is 0 Å². The molecule has 0 saturated heterocycles. The summed E-state index contributed by atoms with van der Waals surface area (Å²) in [5.74, 6) is -3.56. The van der Waals surface area contributed by atoms with Gasteiger partial charge in [-0.1, -0.05) is 33.6 Å². The van der Waals surface area contributed by atoms with Gasteiger partial charge in [0.1, 0.15) is 0 Å². The van der Waals surface area contributed by atoms with Gasteiger partial charge in [0.2, 0.25) is 0 Å². The zero-order valence-corrected chi connectivity index (χ0v) is 12.6. The van der Waals surface area contributed by atoms with Crippen molar-refractivity contribution >= 4 is 17.9 Å². The molecule has 0 aliphatic carbocycles. The molecule has 0 heterocycles. The van der Waals surface area contributed by atoms with E-state index in [0.29, 0.717) is 0 Å². The molecule has 20 heavy (non-hydrogen) atoms. The molecule has 0 N–H and O–H groups in total. The van der Waals surface area contributed by atoms with Gasteiger partial charge in [-0.15, -0.1) is 0 Å². The molecule has 0 saturated carbocycles. The summed E-state index contributed by atoms with van der Waals surface area (Å²) in [4.78, 5) is 28.5. The van der Waals surface area contributed by atoms with Crippen LogP contribution in [0.1, 0.15) is 34.6 Å². The summed E-state index contributed by atoms with van der Waals surface area (Å²) in [5, 5.41) is 28.5. The number of hydrogen-bond acceptors (Lipinski definition) is 6. The van der Waals surface area contributed by atoms with Gasteiger partial charge in [0, 0.05) is 0 Å². The zero-order valence-electron chi connectivity index (χ0n) is 12.6. The Hall–Kier alpha value is -2.37. The van der Waals surface area contributed by atoms with E-state index in [9.17, 15) is 29.7 Å². The van der Waals surface area contributed by atoms with E-state index in [1.54, 1.807) is 0 Å². The highest BCUT2D eigenvalue weighted by molar-refractivity contribution is 5.83. The Morgan fingerprint density at radius 3 is 0.650 bits per heavy atom. The second kappa shape index (κ2) is 16.6. The minimum absolute atomic E-state index is 0.0648. The first-order chi connectivity index (χ1) is 8.93. The largest absolute Gasteiger partial charge is 0.545 e. The van der Waals surface area contributed by atoms with Crippen LogP contribution in [-0.4, -0.2) is 17.9 Å². The van der Waals surface area contributed by atoms with E-state index < -0.39 is 17.9 Å². The average Bonchev–Trinajstić information content (AvgIpc) is 2.32. The van der Waals surface area contributed by atoms with Crippen LogP contribution in [0.3, 0.4) is 0 Å². The van der Waals surface area contributed by atoms with Gasteiger partial charge in [-0.2, -0.15) is 0 Å². The van der Waals surface area contributed by atoms with Crippen molar-refractivity contribution < 1.29 is 29.7 Å². The maximum absolute atomic E-state index is 9.49. The topological polar surface area (TPSA) is 120 Å². The maximum atomic E-state index is 9.49. The summed E-state index contributed by atoms with van der Waals surface area (Å²) in [6, 6.07) is 0. The van der Waals surface area contributed by atoms with Crippen molar-refractivity contribution in [3.63, 3.8) is 0 Å². The number of carbonyl (C=O) groups is 3. The summed E-state index contributed by atoms with van der Waals surface area (Å²) in [5.41, 5.74) is 0.194. The van der Waals surface area contributed by atoms with Crippen LogP contribution >= 0.6 is 0 Å². The number of carboxylic acids is 3. The van der Waals surface area contributed by atoms with Gasteiger partial charge in [0.05, 0.1) is 17.9 Å². The number of aliphatic carboxylic acids is 3. The Balaban J connectivity index is -0.0000000902. The average molecular weight is 285 g/mol. The lowest BCUT2D eigenvalue weighted by Crippen LogP contribution is -2.22. The predicted octanol–water partition coefficient (Wildman–Crippen LogP) is -1.04. The van der Waals surface area contributed by atoms with Crippen LogP contribution in [0.5, 0.6) is 0 Å². The number of rotatable bonds is 3. The lowest BCUT2D eigenvalue weighted by molar-refractivity contribution is -0.300. The van der Waals surface area contributed by atoms with Crippen LogP contribution in [0.15, 0.2) is 36.5 Å². The van der Waals surface area contributed by atoms with Gasteiger partial charge in [0.25, 0.3) is 0 Å². The Morgan fingerprint density at radius 1 is 0.600 bits per heavy atom. The second-order valence-corrected chi connectivity index (χ2v) is 3.20. The van der Waals surface area contributed by atoms with Gasteiger partial charge in [0.15, 0.2) is 0 Å². The van der Waals surface area contributed by atoms with Crippen LogP contribution in [0.4, 0.5) is 0 Å². The third kappa shape index (κ3) is 36.1. The molecule has 6 nitrogen and oxygen atoms in total. The monoisotopic (exact) mass is 285 g/mol. The van der Waals surface area contributed by atoms with Crippen LogP contribution in [0.25, 0.3) is 0 Å². The fraction of sp³-hybridized carbons (Fsp3) is 0.357. The van der Waals surface area contributed by atoms with E-state index in [-0.39, 0.29) is 16.7 Å². The van der Waals surface area contributed by atoms with Crippen molar-refractivity contribution in [1.29, 1.82) is 0 Å². The fourth-order valence-corrected chi connectivity index (χ4v) is 0. The fourth-order valence-electron chi connectivity index (χ4n) is 0. The molecule has 0 aliphatic rings. The SMILES string of the molecule is C=C(C)C(=O)[O-].C=C(C)C(=O)[O-].C=C(C)C(=O)[O-].CC. The van der Waals surface area contributed by atoms with Gasteiger partial charge in [-0.25, -0.2) is 0 Å². The molecule has 0 bridgehead atoms. The third-order valence-electron chi connectivity index (χ3n) is 1.05. The van der Waals surface area contributed by atoms with Crippen molar-refractivity contribution in [2.24, 2.45) is 0 Å². The molecular formula is C14H21O6-3. The summed E-state index contributed by atoms with van der Waals surface area (Å²) < 4.78 is 0. The molecule has 116 valence electrons. The molecule has 0 aromatic heterocycles. The smallest absolute Gasteiger partial charge is 0.0666 e. The molecule has 0 spiro atoms. The quantitative estimate of drug-likeness (QED) is 0.611. The lowest BCUT2D eigenvalue weighted by atomic mass is 10.4. The van der Waals surface area contributed by atoms with Gasteiger partial charge in [-0.05, 0) is 37.5 Å². The Morgan fingerprint density at radius 2 is 0.650 bits per heavy atom. The number of carbonyl (C=O) groups excluding carboxylic acids is 3. The molecule has 0 amide bonds. The molecule has 6 heteroatoms. The second-order valence-electron chi connectivity index (χ2n) is 3.20. The summed E-state index contributed by atoms with van der Waals surface area (Å²) in [7, 11) is 0. The van der Waals surface area contributed by atoms with Gasteiger partial charge >= 0.3 is 0 Å². The van der Waals surface area contributed by atoms with Crippen molar-refractivity contribution in [1.82, 2.24) is 0 Å². The molecule has 0 radical (unpaired) electrons. The summed E-state index contributed by atoms with van der Waals surface area (Å²) in [6.45, 7) is 17.4. The van der Waals surface area contributed by atoms with Gasteiger partial charge in [-0.3, -0.25) is 0 Å². The first-order valence-corrected chi connectivity index (χ1v) is 5.54. The van der Waals surface area contributed by atoms with Crippen LogP contribution < -0.4 is 15.3 Å². The van der Waals surface area contributed by atoms with E-state index in [1.165, 1.54) is 20.8 Å². The van der Waals surface area contributed by atoms with Crippen molar-refractivity contribution in [3.8, 4) is 0 Å².